The van der Waals surface area contributed by atoms with Crippen molar-refractivity contribution in [2.24, 2.45) is 0 Å². The molecule has 1 aromatic carbocycles. The third-order valence-electron chi connectivity index (χ3n) is 4.43. The number of furan rings is 1. The number of hydrogen-bond acceptors (Lipinski definition) is 4. The van der Waals surface area contributed by atoms with E-state index in [1.807, 2.05) is 26.0 Å². The summed E-state index contributed by atoms with van der Waals surface area (Å²) >= 11 is 0. The molecule has 0 saturated carbocycles. The lowest BCUT2D eigenvalue weighted by molar-refractivity contribution is 0.0634. The topological polar surface area (TPSA) is 75.0 Å². The molecule has 0 aliphatic carbocycles. The second-order valence-electron chi connectivity index (χ2n) is 6.66. The van der Waals surface area contributed by atoms with Crippen LogP contribution in [0.3, 0.4) is 0 Å². The number of rotatable bonds is 5. The Morgan fingerprint density at radius 2 is 1.74 bits per heavy atom. The lowest BCUT2D eigenvalue weighted by atomic mass is 10.1. The van der Waals surface area contributed by atoms with Gasteiger partial charge >= 0.3 is 6.03 Å². The highest BCUT2D eigenvalue weighted by atomic mass is 16.5. The summed E-state index contributed by atoms with van der Waals surface area (Å²) in [5.74, 6) is 1.00. The summed E-state index contributed by atoms with van der Waals surface area (Å²) in [5.41, 5.74) is 2.30. The molecule has 0 spiro atoms. The third-order valence-corrected chi connectivity index (χ3v) is 4.43. The fraction of sp³-hybridized carbons (Fsp3) is 0.400. The quantitative estimate of drug-likeness (QED) is 0.819. The standard InChI is InChI=1S/C20H25N3O4/c1-15-12-16(2)14-17(13-15)26-11-5-21-20(25)23-8-6-22(7-9-23)19(24)18-4-3-10-27-18/h3-4,10,12-14H,5-9,11H2,1-2H3,(H,21,25). The van der Waals surface area contributed by atoms with Crippen molar-refractivity contribution in [3.8, 4) is 5.75 Å². The molecule has 0 bridgehead atoms. The predicted octanol–water partition coefficient (Wildman–Crippen LogP) is 2.44. The first kappa shape index (κ1) is 18.8. The molecule has 1 N–H and O–H groups in total. The van der Waals surface area contributed by atoms with Gasteiger partial charge < -0.3 is 24.3 Å². The van der Waals surface area contributed by atoms with Gasteiger partial charge in [-0.1, -0.05) is 6.07 Å². The van der Waals surface area contributed by atoms with Crippen molar-refractivity contribution in [3.63, 3.8) is 0 Å². The third kappa shape index (κ3) is 5.03. The zero-order valence-electron chi connectivity index (χ0n) is 15.7. The minimum absolute atomic E-state index is 0.135. The van der Waals surface area contributed by atoms with Crippen molar-refractivity contribution in [2.75, 3.05) is 39.3 Å². The Balaban J connectivity index is 1.37. The predicted molar refractivity (Wildman–Crippen MR) is 101 cm³/mol. The number of aryl methyl sites for hydroxylation is 2. The summed E-state index contributed by atoms with van der Waals surface area (Å²) in [7, 11) is 0. The number of urea groups is 1. The van der Waals surface area contributed by atoms with E-state index in [-0.39, 0.29) is 11.9 Å². The van der Waals surface area contributed by atoms with E-state index in [0.717, 1.165) is 16.9 Å². The Hall–Kier alpha value is -2.96. The van der Waals surface area contributed by atoms with Gasteiger partial charge in [0, 0.05) is 26.2 Å². The molecule has 0 unspecified atom stereocenters. The smallest absolute Gasteiger partial charge is 0.317 e. The number of nitrogens with zero attached hydrogens (tertiary/aromatic N) is 2. The minimum Gasteiger partial charge on any atom is -0.492 e. The van der Waals surface area contributed by atoms with Gasteiger partial charge in [-0.25, -0.2) is 4.79 Å². The van der Waals surface area contributed by atoms with Gasteiger partial charge in [0.05, 0.1) is 12.8 Å². The van der Waals surface area contributed by atoms with Crippen LogP contribution in [0.1, 0.15) is 21.7 Å². The summed E-state index contributed by atoms with van der Waals surface area (Å²) < 4.78 is 10.8. The van der Waals surface area contributed by atoms with Crippen LogP contribution in [0.2, 0.25) is 0 Å². The first-order valence-corrected chi connectivity index (χ1v) is 9.09. The number of hydrogen-bond donors (Lipinski definition) is 1. The summed E-state index contributed by atoms with van der Waals surface area (Å²) in [6, 6.07) is 9.25. The number of ether oxygens (including phenoxy) is 1. The molecular weight excluding hydrogens is 346 g/mol. The van der Waals surface area contributed by atoms with Crippen molar-refractivity contribution in [2.45, 2.75) is 13.8 Å². The molecule has 3 amide bonds. The second kappa shape index (κ2) is 8.62. The summed E-state index contributed by atoms with van der Waals surface area (Å²) in [6.45, 7) is 6.86. The van der Waals surface area contributed by atoms with E-state index in [9.17, 15) is 9.59 Å². The average molecular weight is 371 g/mol. The van der Waals surface area contributed by atoms with E-state index in [0.29, 0.717) is 45.1 Å². The van der Waals surface area contributed by atoms with Crippen LogP contribution in [0.4, 0.5) is 4.79 Å². The monoisotopic (exact) mass is 371 g/mol. The summed E-state index contributed by atoms with van der Waals surface area (Å²) in [6.07, 6.45) is 1.48. The highest BCUT2D eigenvalue weighted by Crippen LogP contribution is 2.16. The normalized spacial score (nSPS) is 14.1. The van der Waals surface area contributed by atoms with E-state index in [2.05, 4.69) is 11.4 Å². The molecule has 1 fully saturated rings. The number of nitrogens with one attached hydrogen (secondary N) is 1. The van der Waals surface area contributed by atoms with E-state index in [1.54, 1.807) is 21.9 Å². The molecule has 144 valence electrons. The highest BCUT2D eigenvalue weighted by molar-refractivity contribution is 5.91. The van der Waals surface area contributed by atoms with Gasteiger partial charge in [-0.3, -0.25) is 4.79 Å². The first-order valence-electron chi connectivity index (χ1n) is 9.09. The van der Waals surface area contributed by atoms with Gasteiger partial charge in [-0.2, -0.15) is 0 Å². The zero-order chi connectivity index (χ0) is 19.2. The maximum absolute atomic E-state index is 12.3. The lowest BCUT2D eigenvalue weighted by Crippen LogP contribution is -2.53. The SMILES string of the molecule is Cc1cc(C)cc(OCCNC(=O)N2CCN(C(=O)c3ccco3)CC2)c1. The molecule has 2 heterocycles. The second-order valence-corrected chi connectivity index (χ2v) is 6.66. The molecule has 1 aliphatic heterocycles. The number of amides is 3. The van der Waals surface area contributed by atoms with Crippen LogP contribution in [-0.4, -0.2) is 61.1 Å². The van der Waals surface area contributed by atoms with Crippen LogP contribution in [0.25, 0.3) is 0 Å². The van der Waals surface area contributed by atoms with Gasteiger partial charge in [0.1, 0.15) is 12.4 Å². The van der Waals surface area contributed by atoms with Gasteiger partial charge in [0.25, 0.3) is 5.91 Å². The Labute approximate surface area is 158 Å². The maximum Gasteiger partial charge on any atom is 0.317 e. The van der Waals surface area contributed by atoms with Crippen molar-refractivity contribution in [3.05, 3.63) is 53.5 Å². The maximum atomic E-state index is 12.3. The fourth-order valence-electron chi connectivity index (χ4n) is 3.12. The summed E-state index contributed by atoms with van der Waals surface area (Å²) in [5, 5.41) is 2.86. The van der Waals surface area contributed by atoms with Crippen molar-refractivity contribution >= 4 is 11.9 Å². The fourth-order valence-corrected chi connectivity index (χ4v) is 3.12. The number of piperazine rings is 1. The molecule has 1 saturated heterocycles. The van der Waals surface area contributed by atoms with Crippen LogP contribution >= 0.6 is 0 Å². The molecule has 27 heavy (non-hydrogen) atoms. The Morgan fingerprint density at radius 3 is 2.37 bits per heavy atom. The van der Waals surface area contributed by atoms with Crippen molar-refractivity contribution < 1.29 is 18.7 Å². The average Bonchev–Trinajstić information content (AvgIpc) is 3.18. The summed E-state index contributed by atoms with van der Waals surface area (Å²) in [4.78, 5) is 27.9. The Kier molecular flexibility index (Phi) is 6.01. The molecule has 1 aliphatic rings. The molecule has 0 radical (unpaired) electrons. The van der Waals surface area contributed by atoms with Crippen LogP contribution in [0.5, 0.6) is 5.75 Å². The van der Waals surface area contributed by atoms with E-state index in [1.165, 1.54) is 6.26 Å². The molecule has 7 heteroatoms. The molecule has 3 rings (SSSR count). The van der Waals surface area contributed by atoms with Gasteiger partial charge in [-0.15, -0.1) is 0 Å². The van der Waals surface area contributed by atoms with Gasteiger partial charge in [-0.05, 0) is 49.2 Å². The van der Waals surface area contributed by atoms with E-state index in [4.69, 9.17) is 9.15 Å². The van der Waals surface area contributed by atoms with Crippen LogP contribution < -0.4 is 10.1 Å². The zero-order valence-corrected chi connectivity index (χ0v) is 15.7. The van der Waals surface area contributed by atoms with Crippen molar-refractivity contribution in [1.29, 1.82) is 0 Å². The number of benzene rings is 1. The van der Waals surface area contributed by atoms with Crippen molar-refractivity contribution in [1.82, 2.24) is 15.1 Å². The van der Waals surface area contributed by atoms with Gasteiger partial charge in [0.2, 0.25) is 0 Å². The Morgan fingerprint density at radius 1 is 1.07 bits per heavy atom. The first-order chi connectivity index (χ1) is 13.0. The van der Waals surface area contributed by atoms with Gasteiger partial charge in [0.15, 0.2) is 5.76 Å². The van der Waals surface area contributed by atoms with Crippen LogP contribution in [0.15, 0.2) is 41.0 Å². The Bertz CT molecular complexity index is 760. The molecule has 2 aromatic rings. The van der Waals surface area contributed by atoms with Crippen LogP contribution in [0, 0.1) is 13.8 Å². The molecular formula is C20H25N3O4. The largest absolute Gasteiger partial charge is 0.492 e. The molecule has 0 atom stereocenters. The van der Waals surface area contributed by atoms with E-state index >= 15 is 0 Å². The highest BCUT2D eigenvalue weighted by Gasteiger charge is 2.25. The molecule has 1 aromatic heterocycles. The van der Waals surface area contributed by atoms with Crippen LogP contribution in [-0.2, 0) is 0 Å². The number of carbonyl (C=O) groups excluding carboxylic acids is 2. The van der Waals surface area contributed by atoms with E-state index < -0.39 is 0 Å². The minimum atomic E-state index is -0.137. The lowest BCUT2D eigenvalue weighted by Gasteiger charge is -2.34. The molecule has 7 nitrogen and oxygen atoms in total. The number of carbonyl (C=O) groups is 2.